The van der Waals surface area contributed by atoms with Crippen molar-refractivity contribution in [1.82, 2.24) is 5.32 Å². The summed E-state index contributed by atoms with van der Waals surface area (Å²) in [6, 6.07) is 6.10. The first-order valence-corrected chi connectivity index (χ1v) is 7.00. The fourth-order valence-electron chi connectivity index (χ4n) is 1.92. The Labute approximate surface area is 122 Å². The lowest BCUT2D eigenvalue weighted by Crippen LogP contribution is -2.30. The molecule has 4 nitrogen and oxygen atoms in total. The van der Waals surface area contributed by atoms with E-state index in [1.54, 1.807) is 14.2 Å². The van der Waals surface area contributed by atoms with Gasteiger partial charge in [-0.3, -0.25) is 0 Å². The van der Waals surface area contributed by atoms with Crippen LogP contribution >= 0.6 is 0 Å². The monoisotopic (exact) mass is 281 g/mol. The largest absolute Gasteiger partial charge is 0.493 e. The summed E-state index contributed by atoms with van der Waals surface area (Å²) in [5, 5.41) is 3.44. The molecule has 0 saturated carbocycles. The molecule has 20 heavy (non-hydrogen) atoms. The molecule has 1 unspecified atom stereocenters. The van der Waals surface area contributed by atoms with E-state index in [9.17, 15) is 0 Å². The molecule has 0 heterocycles. The average molecular weight is 281 g/mol. The standard InChI is InChI=1S/C16H27NO3/c1-7-17-13(11-20-16(2,3)4)12-8-9-14(18-5)15(10-12)19-6/h8-10,13,17H,7,11H2,1-6H3. The third-order valence-electron chi connectivity index (χ3n) is 2.94. The van der Waals surface area contributed by atoms with Crippen molar-refractivity contribution in [1.29, 1.82) is 0 Å². The summed E-state index contributed by atoms with van der Waals surface area (Å²) < 4.78 is 16.5. The van der Waals surface area contributed by atoms with Gasteiger partial charge in [0.05, 0.1) is 32.5 Å². The number of benzene rings is 1. The van der Waals surface area contributed by atoms with Crippen molar-refractivity contribution in [2.75, 3.05) is 27.4 Å². The van der Waals surface area contributed by atoms with Crippen molar-refractivity contribution in [2.24, 2.45) is 0 Å². The van der Waals surface area contributed by atoms with Gasteiger partial charge in [-0.25, -0.2) is 0 Å². The van der Waals surface area contributed by atoms with Gasteiger partial charge in [0.15, 0.2) is 11.5 Å². The summed E-state index contributed by atoms with van der Waals surface area (Å²) in [6.07, 6.45) is 0. The van der Waals surface area contributed by atoms with E-state index >= 15 is 0 Å². The zero-order valence-corrected chi connectivity index (χ0v) is 13.4. The highest BCUT2D eigenvalue weighted by Crippen LogP contribution is 2.30. The van der Waals surface area contributed by atoms with Gasteiger partial charge in [-0.05, 0) is 45.0 Å². The minimum Gasteiger partial charge on any atom is -0.493 e. The molecule has 0 saturated heterocycles. The zero-order valence-electron chi connectivity index (χ0n) is 13.4. The molecule has 1 atom stereocenters. The Kier molecular flexibility index (Phi) is 6.30. The highest BCUT2D eigenvalue weighted by molar-refractivity contribution is 5.43. The molecule has 0 aromatic heterocycles. The van der Waals surface area contributed by atoms with Crippen LogP contribution in [0.25, 0.3) is 0 Å². The molecule has 4 heteroatoms. The summed E-state index contributed by atoms with van der Waals surface area (Å²) in [6.45, 7) is 9.77. The van der Waals surface area contributed by atoms with Crippen LogP contribution in [-0.4, -0.2) is 33.0 Å². The number of hydrogen-bond acceptors (Lipinski definition) is 4. The van der Waals surface area contributed by atoms with Crippen LogP contribution in [0, 0.1) is 0 Å². The van der Waals surface area contributed by atoms with Crippen LogP contribution in [-0.2, 0) is 4.74 Å². The topological polar surface area (TPSA) is 39.7 Å². The van der Waals surface area contributed by atoms with Crippen LogP contribution in [0.2, 0.25) is 0 Å². The summed E-state index contributed by atoms with van der Waals surface area (Å²) in [4.78, 5) is 0. The van der Waals surface area contributed by atoms with Crippen LogP contribution in [0.3, 0.4) is 0 Å². The molecule has 0 bridgehead atoms. The number of hydrogen-bond donors (Lipinski definition) is 1. The van der Waals surface area contributed by atoms with E-state index < -0.39 is 0 Å². The van der Waals surface area contributed by atoms with Gasteiger partial charge in [-0.15, -0.1) is 0 Å². The van der Waals surface area contributed by atoms with Gasteiger partial charge in [-0.1, -0.05) is 13.0 Å². The Morgan fingerprint density at radius 2 is 1.75 bits per heavy atom. The van der Waals surface area contributed by atoms with E-state index in [1.165, 1.54) is 0 Å². The Morgan fingerprint density at radius 1 is 1.10 bits per heavy atom. The molecule has 1 aromatic carbocycles. The maximum atomic E-state index is 5.89. The van der Waals surface area contributed by atoms with Gasteiger partial charge in [-0.2, -0.15) is 0 Å². The fraction of sp³-hybridized carbons (Fsp3) is 0.625. The normalized spacial score (nSPS) is 13.1. The summed E-state index contributed by atoms with van der Waals surface area (Å²) in [5.41, 5.74) is 0.985. The second-order valence-electron chi connectivity index (χ2n) is 5.65. The quantitative estimate of drug-likeness (QED) is 0.833. The lowest BCUT2D eigenvalue weighted by Gasteiger charge is -2.25. The molecule has 1 rings (SSSR count). The average Bonchev–Trinajstić information content (AvgIpc) is 2.41. The third-order valence-corrected chi connectivity index (χ3v) is 2.94. The van der Waals surface area contributed by atoms with Gasteiger partial charge < -0.3 is 19.5 Å². The molecular formula is C16H27NO3. The molecule has 0 aliphatic heterocycles. The van der Waals surface area contributed by atoms with Gasteiger partial charge in [0.2, 0.25) is 0 Å². The highest BCUT2D eigenvalue weighted by atomic mass is 16.5. The minimum absolute atomic E-state index is 0.138. The van der Waals surface area contributed by atoms with Crippen molar-refractivity contribution in [2.45, 2.75) is 39.3 Å². The van der Waals surface area contributed by atoms with Crippen molar-refractivity contribution in [3.63, 3.8) is 0 Å². The van der Waals surface area contributed by atoms with Gasteiger partial charge in [0.25, 0.3) is 0 Å². The third kappa shape index (κ3) is 5.02. The molecule has 0 aliphatic carbocycles. The lowest BCUT2D eigenvalue weighted by atomic mass is 10.1. The van der Waals surface area contributed by atoms with Crippen LogP contribution in [0.4, 0.5) is 0 Å². The van der Waals surface area contributed by atoms with E-state index in [1.807, 2.05) is 18.2 Å². The molecule has 114 valence electrons. The van der Waals surface area contributed by atoms with Gasteiger partial charge >= 0.3 is 0 Å². The molecule has 0 aliphatic rings. The first-order chi connectivity index (χ1) is 9.41. The number of rotatable bonds is 7. The fourth-order valence-corrected chi connectivity index (χ4v) is 1.92. The van der Waals surface area contributed by atoms with Crippen molar-refractivity contribution >= 4 is 0 Å². The van der Waals surface area contributed by atoms with E-state index in [4.69, 9.17) is 14.2 Å². The zero-order chi connectivity index (χ0) is 15.2. The molecule has 1 aromatic rings. The molecule has 0 fully saturated rings. The van der Waals surface area contributed by atoms with Crippen molar-refractivity contribution < 1.29 is 14.2 Å². The Morgan fingerprint density at radius 3 is 2.25 bits per heavy atom. The number of ether oxygens (including phenoxy) is 3. The lowest BCUT2D eigenvalue weighted by molar-refractivity contribution is -0.0146. The first-order valence-electron chi connectivity index (χ1n) is 7.00. The van der Waals surface area contributed by atoms with Crippen molar-refractivity contribution in [3.8, 4) is 11.5 Å². The molecule has 0 spiro atoms. The van der Waals surface area contributed by atoms with Crippen LogP contribution in [0.15, 0.2) is 18.2 Å². The van der Waals surface area contributed by atoms with E-state index in [-0.39, 0.29) is 11.6 Å². The predicted octanol–water partition coefficient (Wildman–Crippen LogP) is 3.17. The van der Waals surface area contributed by atoms with E-state index in [0.717, 1.165) is 23.6 Å². The van der Waals surface area contributed by atoms with Crippen molar-refractivity contribution in [3.05, 3.63) is 23.8 Å². The van der Waals surface area contributed by atoms with E-state index in [2.05, 4.69) is 33.0 Å². The van der Waals surface area contributed by atoms with Gasteiger partial charge in [0, 0.05) is 0 Å². The molecular weight excluding hydrogens is 254 g/mol. The van der Waals surface area contributed by atoms with Gasteiger partial charge in [0.1, 0.15) is 0 Å². The maximum absolute atomic E-state index is 5.89. The number of methoxy groups -OCH3 is 2. The minimum atomic E-state index is -0.149. The Hall–Kier alpha value is -1.26. The Balaban J connectivity index is 2.90. The first kappa shape index (κ1) is 16.8. The number of likely N-dealkylation sites (N-methyl/N-ethyl adjacent to an activating group) is 1. The van der Waals surface area contributed by atoms with Crippen LogP contribution in [0.5, 0.6) is 11.5 Å². The summed E-state index contributed by atoms with van der Waals surface area (Å²) in [5.74, 6) is 1.48. The smallest absolute Gasteiger partial charge is 0.161 e. The summed E-state index contributed by atoms with van der Waals surface area (Å²) in [7, 11) is 3.29. The van der Waals surface area contributed by atoms with Crippen LogP contribution < -0.4 is 14.8 Å². The second kappa shape index (κ2) is 7.50. The second-order valence-corrected chi connectivity index (χ2v) is 5.65. The molecule has 0 radical (unpaired) electrons. The summed E-state index contributed by atoms with van der Waals surface area (Å²) >= 11 is 0. The Bertz CT molecular complexity index is 413. The van der Waals surface area contributed by atoms with E-state index in [0.29, 0.717) is 6.61 Å². The molecule has 0 amide bonds. The molecule has 1 N–H and O–H groups in total. The SMILES string of the molecule is CCNC(COC(C)(C)C)c1ccc(OC)c(OC)c1. The highest BCUT2D eigenvalue weighted by Gasteiger charge is 2.17. The maximum Gasteiger partial charge on any atom is 0.161 e. The predicted molar refractivity (Wildman–Crippen MR) is 81.7 cm³/mol. The number of nitrogens with one attached hydrogen (secondary N) is 1. The van der Waals surface area contributed by atoms with Crippen LogP contribution in [0.1, 0.15) is 39.3 Å².